The number of likely N-dealkylation sites (tertiary alicyclic amines) is 1. The molecule has 0 saturated carbocycles. The lowest BCUT2D eigenvalue weighted by atomic mass is 10.0. The molecule has 3 rings (SSSR count). The topological polar surface area (TPSA) is 58.6 Å². The maximum absolute atomic E-state index is 12.8. The lowest BCUT2D eigenvalue weighted by molar-refractivity contribution is -0.129. The fourth-order valence-electron chi connectivity index (χ4n) is 3.78. The van der Waals surface area contributed by atoms with Crippen LogP contribution < -0.4 is 10.1 Å². The highest BCUT2D eigenvalue weighted by atomic mass is 16.5. The molecule has 166 valence electrons. The van der Waals surface area contributed by atoms with Crippen LogP contribution in [0.15, 0.2) is 48.5 Å². The molecule has 1 N–H and O–H groups in total. The third kappa shape index (κ3) is 6.58. The predicted octanol–water partition coefficient (Wildman–Crippen LogP) is 4.44. The number of carbonyl (C=O) groups excluding carboxylic acids is 2. The number of rotatable bonds is 10. The Morgan fingerprint density at radius 1 is 1.16 bits per heavy atom. The lowest BCUT2D eigenvalue weighted by Gasteiger charge is -2.19. The fourth-order valence-corrected chi connectivity index (χ4v) is 3.78. The van der Waals surface area contributed by atoms with Crippen molar-refractivity contribution in [3.05, 3.63) is 65.2 Å². The maximum Gasteiger partial charge on any atom is 0.225 e. The molecular weight excluding hydrogens is 388 g/mol. The minimum absolute atomic E-state index is 0.0537. The van der Waals surface area contributed by atoms with E-state index in [0.29, 0.717) is 13.1 Å². The third-order valence-corrected chi connectivity index (χ3v) is 5.88. The van der Waals surface area contributed by atoms with Crippen molar-refractivity contribution in [1.82, 2.24) is 10.2 Å². The van der Waals surface area contributed by atoms with Crippen molar-refractivity contribution in [2.24, 2.45) is 5.92 Å². The molecule has 1 saturated heterocycles. The number of unbranched alkanes of at least 4 members (excludes halogenated alkanes) is 1. The van der Waals surface area contributed by atoms with Gasteiger partial charge in [0.05, 0.1) is 18.6 Å². The highest BCUT2D eigenvalue weighted by Crippen LogP contribution is 2.22. The average Bonchev–Trinajstić information content (AvgIpc) is 3.14. The van der Waals surface area contributed by atoms with Crippen LogP contribution in [0.3, 0.4) is 0 Å². The molecule has 5 nitrogen and oxygen atoms in total. The van der Waals surface area contributed by atoms with E-state index in [1.807, 2.05) is 36.1 Å². The molecule has 1 aliphatic heterocycles. The lowest BCUT2D eigenvalue weighted by Crippen LogP contribution is -2.35. The molecule has 2 atom stereocenters. The van der Waals surface area contributed by atoms with E-state index in [-0.39, 0.29) is 30.2 Å². The van der Waals surface area contributed by atoms with Crippen molar-refractivity contribution >= 4 is 11.8 Å². The van der Waals surface area contributed by atoms with Crippen LogP contribution in [0.4, 0.5) is 0 Å². The average molecular weight is 423 g/mol. The second-order valence-electron chi connectivity index (χ2n) is 8.48. The fraction of sp³-hybridized carbons (Fsp3) is 0.462. The van der Waals surface area contributed by atoms with Gasteiger partial charge in [0.1, 0.15) is 5.75 Å². The van der Waals surface area contributed by atoms with E-state index in [4.69, 9.17) is 4.74 Å². The van der Waals surface area contributed by atoms with Crippen molar-refractivity contribution in [3.63, 3.8) is 0 Å². The van der Waals surface area contributed by atoms with Crippen LogP contribution in [-0.4, -0.2) is 36.4 Å². The van der Waals surface area contributed by atoms with E-state index in [1.165, 1.54) is 11.1 Å². The van der Waals surface area contributed by atoms with Crippen LogP contribution >= 0.6 is 0 Å². The van der Waals surface area contributed by atoms with E-state index in [1.54, 1.807) is 0 Å². The van der Waals surface area contributed by atoms with Crippen molar-refractivity contribution < 1.29 is 14.3 Å². The molecule has 0 spiro atoms. The van der Waals surface area contributed by atoms with Gasteiger partial charge in [0.2, 0.25) is 11.8 Å². The second kappa shape index (κ2) is 11.0. The Morgan fingerprint density at radius 3 is 2.55 bits per heavy atom. The zero-order chi connectivity index (χ0) is 22.2. The van der Waals surface area contributed by atoms with E-state index in [0.717, 1.165) is 37.2 Å². The van der Waals surface area contributed by atoms with Crippen molar-refractivity contribution in [1.29, 1.82) is 0 Å². The summed E-state index contributed by atoms with van der Waals surface area (Å²) >= 11 is 0. The smallest absolute Gasteiger partial charge is 0.225 e. The summed E-state index contributed by atoms with van der Waals surface area (Å²) in [6.07, 6.45) is 3.24. The number of hydrogen-bond acceptors (Lipinski definition) is 3. The largest absolute Gasteiger partial charge is 0.494 e. The SMILES string of the molecule is CCCCOc1ccc([C@@H](C)NC(=O)[C@H]2CC(=O)N(CCc3ccc(C)cc3)C2)cc1. The van der Waals surface area contributed by atoms with Crippen molar-refractivity contribution in [2.45, 2.75) is 52.5 Å². The summed E-state index contributed by atoms with van der Waals surface area (Å²) in [5, 5.41) is 3.07. The molecule has 0 bridgehead atoms. The first-order valence-corrected chi connectivity index (χ1v) is 11.3. The second-order valence-corrected chi connectivity index (χ2v) is 8.48. The molecule has 2 aromatic rings. The molecule has 0 unspecified atom stereocenters. The first kappa shape index (κ1) is 22.9. The summed E-state index contributed by atoms with van der Waals surface area (Å²) in [5.41, 5.74) is 3.46. The van der Waals surface area contributed by atoms with Crippen LogP contribution in [0.2, 0.25) is 0 Å². The Morgan fingerprint density at radius 2 is 1.87 bits per heavy atom. The van der Waals surface area contributed by atoms with Crippen LogP contribution in [0.1, 0.15) is 55.8 Å². The Kier molecular flexibility index (Phi) is 8.10. The molecule has 5 heteroatoms. The summed E-state index contributed by atoms with van der Waals surface area (Å²) < 4.78 is 5.70. The molecule has 2 amide bonds. The molecule has 1 fully saturated rings. The Labute approximate surface area is 185 Å². The van der Waals surface area contributed by atoms with Gasteiger partial charge in [-0.25, -0.2) is 0 Å². The van der Waals surface area contributed by atoms with E-state index in [9.17, 15) is 9.59 Å². The van der Waals surface area contributed by atoms with Gasteiger partial charge < -0.3 is 15.0 Å². The van der Waals surface area contributed by atoms with Gasteiger partial charge in [-0.2, -0.15) is 0 Å². The molecular formula is C26H34N2O3. The van der Waals surface area contributed by atoms with Crippen LogP contribution in [0.5, 0.6) is 5.75 Å². The first-order chi connectivity index (χ1) is 15.0. The maximum atomic E-state index is 12.8. The zero-order valence-corrected chi connectivity index (χ0v) is 18.9. The van der Waals surface area contributed by atoms with E-state index >= 15 is 0 Å². The predicted molar refractivity (Wildman–Crippen MR) is 123 cm³/mol. The standard InChI is InChI=1S/C26H34N2O3/c1-4-5-16-31-24-12-10-22(11-13-24)20(3)27-26(30)23-17-25(29)28(18-23)15-14-21-8-6-19(2)7-9-21/h6-13,20,23H,4-5,14-18H2,1-3H3,(H,27,30)/t20-,23+/m1/s1. The Balaban J connectivity index is 1.47. The highest BCUT2D eigenvalue weighted by Gasteiger charge is 2.34. The van der Waals surface area contributed by atoms with Gasteiger partial charge in [0.25, 0.3) is 0 Å². The molecule has 0 radical (unpaired) electrons. The molecule has 0 aromatic heterocycles. The first-order valence-electron chi connectivity index (χ1n) is 11.3. The van der Waals surface area contributed by atoms with Crippen molar-refractivity contribution in [3.8, 4) is 5.75 Å². The normalized spacial score (nSPS) is 16.9. The van der Waals surface area contributed by atoms with E-state index < -0.39 is 0 Å². The third-order valence-electron chi connectivity index (χ3n) is 5.88. The number of hydrogen-bond donors (Lipinski definition) is 1. The molecule has 0 aliphatic carbocycles. The molecule has 2 aromatic carbocycles. The minimum atomic E-state index is -0.287. The van der Waals surface area contributed by atoms with Gasteiger partial charge in [-0.05, 0) is 49.9 Å². The Bertz CT molecular complexity index is 861. The number of nitrogens with one attached hydrogen (secondary N) is 1. The van der Waals surface area contributed by atoms with Gasteiger partial charge in [-0.15, -0.1) is 0 Å². The number of aryl methyl sites for hydroxylation is 1. The van der Waals surface area contributed by atoms with Crippen LogP contribution in [-0.2, 0) is 16.0 Å². The van der Waals surface area contributed by atoms with Gasteiger partial charge >= 0.3 is 0 Å². The van der Waals surface area contributed by atoms with Crippen LogP contribution in [0, 0.1) is 12.8 Å². The summed E-state index contributed by atoms with van der Waals surface area (Å²) in [6.45, 7) is 8.04. The molecule has 1 aliphatic rings. The summed E-state index contributed by atoms with van der Waals surface area (Å²) in [4.78, 5) is 27.0. The number of amides is 2. The molecule has 1 heterocycles. The monoisotopic (exact) mass is 422 g/mol. The highest BCUT2D eigenvalue weighted by molar-refractivity contribution is 5.89. The quantitative estimate of drug-likeness (QED) is 0.576. The summed E-state index contributed by atoms with van der Waals surface area (Å²) in [7, 11) is 0. The summed E-state index contributed by atoms with van der Waals surface area (Å²) in [6, 6.07) is 16.1. The number of carbonyl (C=O) groups is 2. The summed E-state index contributed by atoms with van der Waals surface area (Å²) in [5.74, 6) is 0.571. The van der Waals surface area contributed by atoms with Crippen molar-refractivity contribution in [2.75, 3.05) is 19.7 Å². The Hall–Kier alpha value is -2.82. The van der Waals surface area contributed by atoms with Gasteiger partial charge in [-0.3, -0.25) is 9.59 Å². The van der Waals surface area contributed by atoms with Gasteiger partial charge in [-0.1, -0.05) is 55.3 Å². The number of benzene rings is 2. The van der Waals surface area contributed by atoms with Crippen LogP contribution in [0.25, 0.3) is 0 Å². The van der Waals surface area contributed by atoms with E-state index in [2.05, 4.69) is 43.4 Å². The zero-order valence-electron chi connectivity index (χ0n) is 18.9. The molecule has 31 heavy (non-hydrogen) atoms. The minimum Gasteiger partial charge on any atom is -0.494 e. The number of ether oxygens (including phenoxy) is 1. The van der Waals surface area contributed by atoms with Gasteiger partial charge in [0.15, 0.2) is 0 Å². The number of nitrogens with zero attached hydrogens (tertiary/aromatic N) is 1. The van der Waals surface area contributed by atoms with Gasteiger partial charge in [0, 0.05) is 19.5 Å².